The Labute approximate surface area is 249 Å². The van der Waals surface area contributed by atoms with Crippen LogP contribution in [0.15, 0.2) is 60.7 Å². The first-order chi connectivity index (χ1) is 19.2. The molecule has 40 heavy (non-hydrogen) atoms. The Kier molecular flexibility index (Phi) is 17.6. The van der Waals surface area contributed by atoms with E-state index in [0.29, 0.717) is 41.4 Å². The number of amides is 1. The second kappa shape index (κ2) is 20.0. The van der Waals surface area contributed by atoms with Crippen molar-refractivity contribution in [3.63, 3.8) is 0 Å². The normalized spacial score (nSPS) is 13.4. The summed E-state index contributed by atoms with van der Waals surface area (Å²) in [5.74, 6) is 0.0586. The van der Waals surface area contributed by atoms with Crippen molar-refractivity contribution in [2.75, 3.05) is 34.3 Å². The van der Waals surface area contributed by atoms with Crippen LogP contribution in [-0.2, 0) is 15.8 Å². The van der Waals surface area contributed by atoms with Gasteiger partial charge in [0.25, 0.3) is 0 Å². The maximum absolute atomic E-state index is 13.3. The molecule has 0 saturated carbocycles. The van der Waals surface area contributed by atoms with Crippen LogP contribution >= 0.6 is 23.2 Å². The lowest BCUT2D eigenvalue weighted by atomic mass is 10.2. The van der Waals surface area contributed by atoms with Gasteiger partial charge in [0.1, 0.15) is 16.8 Å². The second-order valence-electron chi connectivity index (χ2n) is 8.66. The highest BCUT2D eigenvalue weighted by Crippen LogP contribution is 2.25. The van der Waals surface area contributed by atoms with Crippen molar-refractivity contribution in [3.8, 4) is 0 Å². The summed E-state index contributed by atoms with van der Waals surface area (Å²) >= 11 is 11.4. The number of hydrogen-bond donors (Lipinski definition) is 2. The van der Waals surface area contributed by atoms with Crippen LogP contribution in [0.5, 0.6) is 0 Å². The molecule has 10 heteroatoms. The van der Waals surface area contributed by atoms with Crippen LogP contribution in [0.1, 0.15) is 55.5 Å². The summed E-state index contributed by atoms with van der Waals surface area (Å²) in [5, 5.41) is 6.78. The molecule has 218 valence electrons. The van der Waals surface area contributed by atoms with Crippen molar-refractivity contribution < 1.29 is 18.2 Å². The zero-order chi connectivity index (χ0) is 29.9. The van der Waals surface area contributed by atoms with E-state index < -0.39 is 16.8 Å². The van der Waals surface area contributed by atoms with Gasteiger partial charge in [-0.05, 0) is 67.4 Å². The molecule has 6 nitrogen and oxygen atoms in total. The van der Waals surface area contributed by atoms with Crippen LogP contribution in [0.2, 0.25) is 10.0 Å². The minimum absolute atomic E-state index is 0.0312. The Morgan fingerprint density at radius 3 is 2.20 bits per heavy atom. The van der Waals surface area contributed by atoms with Gasteiger partial charge in [-0.3, -0.25) is 13.9 Å². The summed E-state index contributed by atoms with van der Waals surface area (Å²) in [6, 6.07) is 17.4. The fourth-order valence-corrected chi connectivity index (χ4v) is 5.07. The molecule has 2 N–H and O–H groups in total. The molecule has 1 heterocycles. The lowest BCUT2D eigenvalue weighted by Crippen LogP contribution is -2.19. The first-order valence-electron chi connectivity index (χ1n) is 13.0. The van der Waals surface area contributed by atoms with E-state index in [-0.39, 0.29) is 5.56 Å². The van der Waals surface area contributed by atoms with Gasteiger partial charge in [0, 0.05) is 30.1 Å². The maximum atomic E-state index is 13.3. The molecular formula is C30H38Cl2FN3O3S. The van der Waals surface area contributed by atoms with Crippen LogP contribution < -0.4 is 14.9 Å². The SMILES string of the molecule is CCCCC.CNc1ccc(Cl)c(NC=O)c1.Cc1cccc(Cl)c1.O=Cc1ccc(N2CCCS2=O)cc1F. The molecule has 3 aromatic rings. The molecule has 0 spiro atoms. The van der Waals surface area contributed by atoms with Crippen LogP contribution in [0, 0.1) is 12.7 Å². The standard InChI is InChI=1S/C10H10FNO2S.C8H9ClN2O.C7H7Cl.C5H12/c11-10-6-9(3-2-8(10)7-13)12-4-1-5-15(12)14;1-10-6-2-3-7(9)8(4-6)11-5-12;1-6-3-2-4-7(8)5-6;1-3-5-4-2/h2-3,6-7H,1,4-5H2;2-5,10H,1H3,(H,11,12);2-5H,1H3;3-5H2,1-2H3. The Morgan fingerprint density at radius 2 is 1.75 bits per heavy atom. The van der Waals surface area contributed by atoms with Gasteiger partial charge in [-0.2, -0.15) is 0 Å². The summed E-state index contributed by atoms with van der Waals surface area (Å²) < 4.78 is 26.4. The number of carbonyl (C=O) groups excluding carboxylic acids is 2. The van der Waals surface area contributed by atoms with E-state index in [4.69, 9.17) is 23.2 Å². The number of rotatable bonds is 7. The van der Waals surface area contributed by atoms with E-state index in [1.807, 2.05) is 37.3 Å². The van der Waals surface area contributed by atoms with Crippen LogP contribution in [0.3, 0.4) is 0 Å². The average Bonchev–Trinajstić information content (AvgIpc) is 3.37. The highest BCUT2D eigenvalue weighted by molar-refractivity contribution is 7.86. The lowest BCUT2D eigenvalue weighted by molar-refractivity contribution is -0.105. The van der Waals surface area contributed by atoms with Gasteiger partial charge >= 0.3 is 0 Å². The topological polar surface area (TPSA) is 78.5 Å². The number of aryl methyl sites for hydroxylation is 1. The number of nitrogens with zero attached hydrogens (tertiary/aromatic N) is 1. The van der Waals surface area contributed by atoms with Crippen LogP contribution in [0.25, 0.3) is 0 Å². The predicted octanol–water partition coefficient (Wildman–Crippen LogP) is 8.31. The number of carbonyl (C=O) groups is 2. The molecule has 0 aromatic heterocycles. The van der Waals surface area contributed by atoms with Crippen LogP contribution in [0.4, 0.5) is 21.5 Å². The highest BCUT2D eigenvalue weighted by atomic mass is 35.5. The second-order valence-corrected chi connectivity index (χ2v) is 11.0. The zero-order valence-electron chi connectivity index (χ0n) is 23.4. The predicted molar refractivity (Wildman–Crippen MR) is 169 cm³/mol. The molecule has 1 amide bonds. The number of nitrogens with one attached hydrogen (secondary N) is 2. The molecule has 0 aliphatic carbocycles. The van der Waals surface area contributed by atoms with Crippen molar-refractivity contribution in [2.24, 2.45) is 0 Å². The van der Waals surface area contributed by atoms with Crippen molar-refractivity contribution in [2.45, 2.75) is 46.5 Å². The van der Waals surface area contributed by atoms with Crippen molar-refractivity contribution in [3.05, 3.63) is 87.7 Å². The Morgan fingerprint density at radius 1 is 1.02 bits per heavy atom. The summed E-state index contributed by atoms with van der Waals surface area (Å²) in [5.41, 5.74) is 3.33. The first kappa shape index (κ1) is 35.1. The highest BCUT2D eigenvalue weighted by Gasteiger charge is 2.21. The third-order valence-corrected chi connectivity index (χ3v) is 7.57. The van der Waals surface area contributed by atoms with Gasteiger partial charge in [-0.1, -0.05) is 68.4 Å². The summed E-state index contributed by atoms with van der Waals surface area (Å²) in [6.07, 6.45) is 6.00. The van der Waals surface area contributed by atoms with E-state index in [2.05, 4.69) is 24.5 Å². The molecule has 0 bridgehead atoms. The van der Waals surface area contributed by atoms with Crippen LogP contribution in [-0.4, -0.2) is 36.3 Å². The van der Waals surface area contributed by atoms with Gasteiger partial charge in [0.15, 0.2) is 6.29 Å². The number of anilines is 3. The third kappa shape index (κ3) is 12.9. The number of hydrogen-bond acceptors (Lipinski definition) is 4. The molecular weight excluding hydrogens is 572 g/mol. The first-order valence-corrected chi connectivity index (χ1v) is 15.0. The molecule has 1 aliphatic rings. The number of halogens is 3. The van der Waals surface area contributed by atoms with Gasteiger partial charge in [0.2, 0.25) is 6.41 Å². The molecule has 1 unspecified atom stereocenters. The third-order valence-electron chi connectivity index (χ3n) is 5.48. The van der Waals surface area contributed by atoms with Crippen molar-refractivity contribution >= 4 is 63.9 Å². The number of benzene rings is 3. The maximum Gasteiger partial charge on any atom is 0.211 e. The zero-order valence-corrected chi connectivity index (χ0v) is 25.7. The Balaban J connectivity index is 0.000000287. The van der Waals surface area contributed by atoms with E-state index in [1.54, 1.807) is 29.6 Å². The van der Waals surface area contributed by atoms with Gasteiger partial charge in [-0.15, -0.1) is 0 Å². The quantitative estimate of drug-likeness (QED) is 0.264. The number of unbranched alkanes of at least 4 members (excludes halogenated alkanes) is 2. The van der Waals surface area contributed by atoms with E-state index >= 15 is 0 Å². The van der Waals surface area contributed by atoms with Crippen molar-refractivity contribution in [1.82, 2.24) is 0 Å². The minimum atomic E-state index is -1.05. The average molecular weight is 611 g/mol. The van der Waals surface area contributed by atoms with E-state index in [9.17, 15) is 18.2 Å². The fraction of sp³-hybridized carbons (Fsp3) is 0.333. The number of aldehydes is 1. The van der Waals surface area contributed by atoms with E-state index in [0.717, 1.165) is 17.1 Å². The van der Waals surface area contributed by atoms with Gasteiger partial charge in [0.05, 0.1) is 22.0 Å². The summed E-state index contributed by atoms with van der Waals surface area (Å²) in [7, 11) is 0.749. The molecule has 4 rings (SSSR count). The lowest BCUT2D eigenvalue weighted by Gasteiger charge is -2.15. The fourth-order valence-electron chi connectivity index (χ4n) is 3.37. The molecule has 1 fully saturated rings. The molecule has 1 atom stereocenters. The summed E-state index contributed by atoms with van der Waals surface area (Å²) in [6.45, 7) is 7.12. The molecule has 1 saturated heterocycles. The van der Waals surface area contributed by atoms with Gasteiger partial charge in [-0.25, -0.2) is 8.60 Å². The molecule has 0 radical (unpaired) electrons. The Hall–Kier alpha value is -2.94. The largest absolute Gasteiger partial charge is 0.388 e. The monoisotopic (exact) mass is 609 g/mol. The summed E-state index contributed by atoms with van der Waals surface area (Å²) in [4.78, 5) is 20.5. The van der Waals surface area contributed by atoms with E-state index in [1.165, 1.54) is 37.0 Å². The minimum Gasteiger partial charge on any atom is -0.388 e. The molecule has 1 aliphatic heterocycles. The van der Waals surface area contributed by atoms with Gasteiger partial charge < -0.3 is 10.6 Å². The Bertz CT molecular complexity index is 1210. The smallest absolute Gasteiger partial charge is 0.211 e. The van der Waals surface area contributed by atoms with Crippen molar-refractivity contribution in [1.29, 1.82) is 0 Å². The molecule has 3 aromatic carbocycles.